The summed E-state index contributed by atoms with van der Waals surface area (Å²) in [6.07, 6.45) is 6.30. The van der Waals surface area contributed by atoms with Crippen LogP contribution in [0, 0.1) is 13.8 Å². The van der Waals surface area contributed by atoms with Gasteiger partial charge in [-0.1, -0.05) is 11.6 Å². The van der Waals surface area contributed by atoms with Crippen molar-refractivity contribution in [3.05, 3.63) is 47.4 Å². The lowest BCUT2D eigenvalue weighted by atomic mass is 9.98. The fourth-order valence-electron chi connectivity index (χ4n) is 6.10. The molecule has 0 saturated carbocycles. The molecule has 0 bridgehead atoms. The first-order chi connectivity index (χ1) is 18.2. The molecule has 6 heterocycles. The highest BCUT2D eigenvalue weighted by molar-refractivity contribution is 5.90. The molecule has 0 radical (unpaired) electrons. The van der Waals surface area contributed by atoms with E-state index in [1.54, 1.807) is 6.33 Å². The van der Waals surface area contributed by atoms with Gasteiger partial charge in [0.15, 0.2) is 5.65 Å². The Balaban J connectivity index is 1.35. The average Bonchev–Trinajstić information content (AvgIpc) is 3.31. The molecule has 1 aromatic carbocycles. The van der Waals surface area contributed by atoms with Crippen molar-refractivity contribution in [1.82, 2.24) is 24.6 Å². The molecule has 0 spiro atoms. The summed E-state index contributed by atoms with van der Waals surface area (Å²) in [5.74, 6) is 3.27. The van der Waals surface area contributed by atoms with Gasteiger partial charge in [0, 0.05) is 49.7 Å². The maximum atomic E-state index is 5.67. The molecule has 1 atom stereocenters. The zero-order chi connectivity index (χ0) is 24.9. The highest BCUT2D eigenvalue weighted by Crippen LogP contribution is 2.38. The lowest BCUT2D eigenvalue weighted by Crippen LogP contribution is -2.41. The minimum Gasteiger partial charge on any atom is -0.378 e. The smallest absolute Gasteiger partial charge is 0.160 e. The molecule has 192 valence electrons. The fraction of sp³-hybridized carbons (Fsp3) is 0.500. The first-order valence-corrected chi connectivity index (χ1v) is 13.6. The summed E-state index contributed by atoms with van der Waals surface area (Å²) < 4.78 is 7.77. The number of benzene rings is 1. The Bertz CT molecular complexity index is 1460. The molecule has 0 amide bonds. The molecule has 3 fully saturated rings. The van der Waals surface area contributed by atoms with Crippen LogP contribution in [0.2, 0.25) is 0 Å². The molecule has 3 saturated heterocycles. The second-order valence-electron chi connectivity index (χ2n) is 10.6. The number of anilines is 3. The number of hydrogen-bond donors (Lipinski definition) is 0. The summed E-state index contributed by atoms with van der Waals surface area (Å²) in [6.45, 7) is 10.7. The predicted octanol–water partition coefficient (Wildman–Crippen LogP) is 4.07. The molecule has 3 aliphatic rings. The van der Waals surface area contributed by atoms with Crippen LogP contribution in [0.4, 0.5) is 17.5 Å². The Morgan fingerprint density at radius 1 is 0.865 bits per heavy atom. The molecule has 9 heteroatoms. The Kier molecular flexibility index (Phi) is 5.61. The van der Waals surface area contributed by atoms with E-state index in [2.05, 4.69) is 62.3 Å². The highest BCUT2D eigenvalue weighted by atomic mass is 16.5. The van der Waals surface area contributed by atoms with Gasteiger partial charge in [-0.25, -0.2) is 15.0 Å². The van der Waals surface area contributed by atoms with E-state index >= 15 is 0 Å². The van der Waals surface area contributed by atoms with Crippen molar-refractivity contribution in [2.75, 3.05) is 60.6 Å². The standard InChI is InChI=1S/C28H34N8O/c1-19-7-8-22-21(16-19)27(30-18-29-22)35-11-4-3-6-24(35)23-17-25-31-26(33-9-5-10-33)20(2)28(36(25)32-23)34-12-14-37-15-13-34/h7-8,16-18,24H,3-6,9-15H2,1-2H3. The van der Waals surface area contributed by atoms with Gasteiger partial charge in [-0.05, 0) is 51.7 Å². The summed E-state index contributed by atoms with van der Waals surface area (Å²) in [7, 11) is 0. The number of fused-ring (bicyclic) bond motifs is 2. The summed E-state index contributed by atoms with van der Waals surface area (Å²) >= 11 is 0. The van der Waals surface area contributed by atoms with E-state index in [0.717, 1.165) is 98.5 Å². The lowest BCUT2D eigenvalue weighted by molar-refractivity contribution is 0.122. The van der Waals surface area contributed by atoms with Crippen molar-refractivity contribution < 1.29 is 4.74 Å². The third kappa shape index (κ3) is 3.87. The maximum absolute atomic E-state index is 5.67. The van der Waals surface area contributed by atoms with Gasteiger partial charge < -0.3 is 19.4 Å². The maximum Gasteiger partial charge on any atom is 0.160 e. The second kappa shape index (κ2) is 9.13. The number of aromatic nitrogens is 5. The monoisotopic (exact) mass is 498 g/mol. The average molecular weight is 499 g/mol. The molecule has 1 unspecified atom stereocenters. The van der Waals surface area contributed by atoms with Crippen molar-refractivity contribution in [3.8, 4) is 0 Å². The van der Waals surface area contributed by atoms with E-state index in [9.17, 15) is 0 Å². The number of rotatable bonds is 4. The van der Waals surface area contributed by atoms with Crippen LogP contribution in [0.15, 0.2) is 30.6 Å². The van der Waals surface area contributed by atoms with Crippen LogP contribution in [0.1, 0.15) is 48.5 Å². The van der Waals surface area contributed by atoms with E-state index in [4.69, 9.17) is 19.8 Å². The van der Waals surface area contributed by atoms with Crippen LogP contribution >= 0.6 is 0 Å². The minimum absolute atomic E-state index is 0.152. The third-order valence-electron chi connectivity index (χ3n) is 8.15. The first-order valence-electron chi connectivity index (χ1n) is 13.6. The van der Waals surface area contributed by atoms with Crippen molar-refractivity contribution in [3.63, 3.8) is 0 Å². The molecule has 3 aliphatic heterocycles. The van der Waals surface area contributed by atoms with Gasteiger partial charge in [0.25, 0.3) is 0 Å². The van der Waals surface area contributed by atoms with Crippen LogP contribution in [0.25, 0.3) is 16.6 Å². The van der Waals surface area contributed by atoms with Crippen molar-refractivity contribution in [2.24, 2.45) is 0 Å². The Morgan fingerprint density at radius 3 is 2.54 bits per heavy atom. The minimum atomic E-state index is 0.152. The topological polar surface area (TPSA) is 74.9 Å². The van der Waals surface area contributed by atoms with E-state index in [1.807, 2.05) is 0 Å². The van der Waals surface area contributed by atoms with Crippen molar-refractivity contribution in [2.45, 2.75) is 45.6 Å². The first kappa shape index (κ1) is 22.7. The Labute approximate surface area is 217 Å². The zero-order valence-corrected chi connectivity index (χ0v) is 21.7. The third-order valence-corrected chi connectivity index (χ3v) is 8.15. The molecule has 0 aliphatic carbocycles. The largest absolute Gasteiger partial charge is 0.378 e. The van der Waals surface area contributed by atoms with Gasteiger partial charge in [-0.2, -0.15) is 9.61 Å². The molecular formula is C28H34N8O. The highest BCUT2D eigenvalue weighted by Gasteiger charge is 2.31. The summed E-state index contributed by atoms with van der Waals surface area (Å²) in [5, 5.41) is 6.37. The van der Waals surface area contributed by atoms with Crippen LogP contribution < -0.4 is 14.7 Å². The molecule has 3 aromatic heterocycles. The number of aryl methyl sites for hydroxylation is 1. The molecule has 4 aromatic rings. The van der Waals surface area contributed by atoms with Crippen LogP contribution in [0.5, 0.6) is 0 Å². The lowest BCUT2D eigenvalue weighted by Gasteiger charge is -2.36. The van der Waals surface area contributed by atoms with E-state index in [-0.39, 0.29) is 6.04 Å². The number of piperidine rings is 1. The number of nitrogens with zero attached hydrogens (tertiary/aromatic N) is 8. The van der Waals surface area contributed by atoms with Gasteiger partial charge in [-0.15, -0.1) is 0 Å². The normalized spacial score (nSPS) is 20.6. The zero-order valence-electron chi connectivity index (χ0n) is 21.7. The Hall–Kier alpha value is -3.46. The van der Waals surface area contributed by atoms with E-state index in [0.29, 0.717) is 0 Å². The predicted molar refractivity (Wildman–Crippen MR) is 146 cm³/mol. The van der Waals surface area contributed by atoms with Gasteiger partial charge in [0.05, 0.1) is 30.5 Å². The van der Waals surface area contributed by atoms with Gasteiger partial charge in [-0.3, -0.25) is 0 Å². The van der Waals surface area contributed by atoms with Crippen LogP contribution in [-0.2, 0) is 4.74 Å². The molecule has 9 nitrogen and oxygen atoms in total. The SMILES string of the molecule is Cc1ccc2ncnc(N3CCCCC3c3cc4nc(N5CCC5)c(C)c(N5CCOCC5)n4n3)c2c1. The van der Waals surface area contributed by atoms with Gasteiger partial charge in [0.1, 0.15) is 23.8 Å². The van der Waals surface area contributed by atoms with E-state index < -0.39 is 0 Å². The quantitative estimate of drug-likeness (QED) is 0.417. The molecule has 37 heavy (non-hydrogen) atoms. The molecule has 0 N–H and O–H groups in total. The summed E-state index contributed by atoms with van der Waals surface area (Å²) in [4.78, 5) is 21.8. The van der Waals surface area contributed by atoms with Gasteiger partial charge in [0.2, 0.25) is 0 Å². The molecular weight excluding hydrogens is 464 g/mol. The van der Waals surface area contributed by atoms with Crippen LogP contribution in [0.3, 0.4) is 0 Å². The number of ether oxygens (including phenoxy) is 1. The number of morpholine rings is 1. The number of hydrogen-bond acceptors (Lipinski definition) is 8. The van der Waals surface area contributed by atoms with E-state index in [1.165, 1.54) is 24.0 Å². The second-order valence-corrected chi connectivity index (χ2v) is 10.6. The van der Waals surface area contributed by atoms with Gasteiger partial charge >= 0.3 is 0 Å². The van der Waals surface area contributed by atoms with Crippen molar-refractivity contribution in [1.29, 1.82) is 0 Å². The summed E-state index contributed by atoms with van der Waals surface area (Å²) in [6, 6.07) is 8.79. The molecule has 7 rings (SSSR count). The fourth-order valence-corrected chi connectivity index (χ4v) is 6.10. The Morgan fingerprint density at radius 2 is 1.73 bits per heavy atom. The van der Waals surface area contributed by atoms with Crippen molar-refractivity contribution >= 4 is 34.0 Å². The van der Waals surface area contributed by atoms with Crippen LogP contribution in [-0.4, -0.2) is 70.5 Å². The summed E-state index contributed by atoms with van der Waals surface area (Å²) in [5.41, 5.74) is 5.42.